The smallest absolute Gasteiger partial charge is 0.339 e. The molecule has 0 fully saturated rings. The lowest BCUT2D eigenvalue weighted by Crippen LogP contribution is -2.32. The van der Waals surface area contributed by atoms with Crippen LogP contribution in [0, 0.1) is 0 Å². The number of esters is 1. The van der Waals surface area contributed by atoms with E-state index in [4.69, 9.17) is 20.8 Å². The Bertz CT molecular complexity index is 946. The maximum Gasteiger partial charge on any atom is 0.339 e. The number of nitrogens with zero attached hydrogens (tertiary/aromatic N) is 1. The van der Waals surface area contributed by atoms with Crippen molar-refractivity contribution in [3.8, 4) is 0 Å². The molecule has 6 nitrogen and oxygen atoms in total. The standard InChI is InChI=1S/C19H14BrClN2O4/c20-14-9-5-4-8-13(14)18(25)26-10-15(12-6-2-1-3-7-12)22-17(24)16-11-27-19(21)23-16/h1-9,11,15H,10H2,(H,22,24)/t15-/m0/s1. The van der Waals surface area contributed by atoms with Crippen LogP contribution in [0.1, 0.15) is 32.5 Å². The van der Waals surface area contributed by atoms with E-state index in [1.165, 1.54) is 0 Å². The van der Waals surface area contributed by atoms with Gasteiger partial charge in [-0.3, -0.25) is 4.79 Å². The summed E-state index contributed by atoms with van der Waals surface area (Å²) >= 11 is 8.93. The summed E-state index contributed by atoms with van der Waals surface area (Å²) < 4.78 is 10.9. The molecular weight excluding hydrogens is 436 g/mol. The monoisotopic (exact) mass is 448 g/mol. The highest BCUT2D eigenvalue weighted by atomic mass is 79.9. The predicted octanol–water partition coefficient (Wildman–Crippen LogP) is 4.42. The van der Waals surface area contributed by atoms with E-state index in [2.05, 4.69) is 26.2 Å². The molecule has 1 amide bonds. The van der Waals surface area contributed by atoms with Crippen LogP contribution >= 0.6 is 27.5 Å². The lowest BCUT2D eigenvalue weighted by molar-refractivity contribution is 0.0454. The second-order valence-electron chi connectivity index (χ2n) is 5.50. The molecule has 1 aromatic heterocycles. The van der Waals surface area contributed by atoms with Crippen molar-refractivity contribution in [1.82, 2.24) is 10.3 Å². The molecule has 0 aliphatic carbocycles. The Labute approximate surface area is 168 Å². The first-order chi connectivity index (χ1) is 13.0. The van der Waals surface area contributed by atoms with E-state index in [1.807, 2.05) is 30.3 Å². The Balaban J connectivity index is 1.74. The van der Waals surface area contributed by atoms with Crippen LogP contribution in [0.5, 0.6) is 0 Å². The summed E-state index contributed by atoms with van der Waals surface area (Å²) in [4.78, 5) is 28.5. The number of amides is 1. The van der Waals surface area contributed by atoms with Gasteiger partial charge in [-0.15, -0.1) is 0 Å². The third-order valence-electron chi connectivity index (χ3n) is 3.69. The van der Waals surface area contributed by atoms with Gasteiger partial charge in [-0.2, -0.15) is 4.98 Å². The van der Waals surface area contributed by atoms with Gasteiger partial charge >= 0.3 is 5.97 Å². The number of oxazole rings is 1. The molecule has 2 aromatic carbocycles. The maximum absolute atomic E-state index is 12.4. The van der Waals surface area contributed by atoms with Crippen molar-refractivity contribution >= 4 is 39.4 Å². The average Bonchev–Trinajstić information content (AvgIpc) is 3.12. The van der Waals surface area contributed by atoms with Crippen LogP contribution in [-0.2, 0) is 4.74 Å². The largest absolute Gasteiger partial charge is 0.460 e. The Kier molecular flexibility index (Phi) is 6.26. The summed E-state index contributed by atoms with van der Waals surface area (Å²) in [6.07, 6.45) is 1.16. The molecule has 0 unspecified atom stereocenters. The highest BCUT2D eigenvalue weighted by Crippen LogP contribution is 2.19. The Hall–Kier alpha value is -2.64. The number of nitrogens with one attached hydrogen (secondary N) is 1. The van der Waals surface area contributed by atoms with Gasteiger partial charge in [0.15, 0.2) is 5.69 Å². The summed E-state index contributed by atoms with van der Waals surface area (Å²) in [6.45, 7) is -0.0541. The van der Waals surface area contributed by atoms with E-state index in [-0.39, 0.29) is 17.7 Å². The van der Waals surface area contributed by atoms with Gasteiger partial charge < -0.3 is 14.5 Å². The first-order valence-corrected chi connectivity index (χ1v) is 9.10. The molecule has 3 rings (SSSR count). The van der Waals surface area contributed by atoms with Gasteiger partial charge in [0.25, 0.3) is 11.3 Å². The second-order valence-corrected chi connectivity index (χ2v) is 6.68. The third kappa shape index (κ3) is 4.96. The van der Waals surface area contributed by atoms with Crippen LogP contribution in [-0.4, -0.2) is 23.5 Å². The molecule has 0 radical (unpaired) electrons. The molecule has 0 bridgehead atoms. The number of halogens is 2. The zero-order valence-corrected chi connectivity index (χ0v) is 16.2. The van der Waals surface area contributed by atoms with Gasteiger partial charge in [-0.25, -0.2) is 4.79 Å². The minimum atomic E-state index is -0.569. The van der Waals surface area contributed by atoms with Crippen molar-refractivity contribution in [1.29, 1.82) is 0 Å². The molecule has 1 atom stereocenters. The van der Waals surface area contributed by atoms with Gasteiger partial charge in [-0.05, 0) is 45.2 Å². The molecule has 0 saturated heterocycles. The fourth-order valence-electron chi connectivity index (χ4n) is 2.36. The fourth-order valence-corrected chi connectivity index (χ4v) is 2.94. The fraction of sp³-hybridized carbons (Fsp3) is 0.105. The van der Waals surface area contributed by atoms with E-state index in [1.54, 1.807) is 24.3 Å². The van der Waals surface area contributed by atoms with Crippen molar-refractivity contribution in [2.45, 2.75) is 6.04 Å². The third-order valence-corrected chi connectivity index (χ3v) is 4.56. The van der Waals surface area contributed by atoms with Gasteiger partial charge in [0.05, 0.1) is 11.6 Å². The molecule has 0 aliphatic heterocycles. The molecule has 0 saturated carbocycles. The number of hydrogen-bond donors (Lipinski definition) is 1. The van der Waals surface area contributed by atoms with Crippen LogP contribution in [0.15, 0.2) is 69.8 Å². The van der Waals surface area contributed by atoms with Gasteiger partial charge in [0, 0.05) is 4.47 Å². The molecule has 27 heavy (non-hydrogen) atoms. The summed E-state index contributed by atoms with van der Waals surface area (Å²) in [5.74, 6) is -0.987. The number of rotatable bonds is 6. The molecule has 3 aromatic rings. The highest BCUT2D eigenvalue weighted by Gasteiger charge is 2.21. The van der Waals surface area contributed by atoms with Gasteiger partial charge in [0.2, 0.25) is 0 Å². The summed E-state index contributed by atoms with van der Waals surface area (Å²) in [6, 6.07) is 15.5. The number of hydrogen-bond acceptors (Lipinski definition) is 5. The zero-order chi connectivity index (χ0) is 19.2. The van der Waals surface area contributed by atoms with Crippen LogP contribution in [0.4, 0.5) is 0 Å². The second kappa shape index (κ2) is 8.83. The van der Waals surface area contributed by atoms with Gasteiger partial charge in [0.1, 0.15) is 12.9 Å². The Morgan fingerprint density at radius 1 is 1.15 bits per heavy atom. The van der Waals surface area contributed by atoms with E-state index < -0.39 is 17.9 Å². The quantitative estimate of drug-likeness (QED) is 0.564. The number of aromatic nitrogens is 1. The average molecular weight is 450 g/mol. The molecule has 0 aliphatic rings. The lowest BCUT2D eigenvalue weighted by atomic mass is 10.1. The van der Waals surface area contributed by atoms with Crippen molar-refractivity contribution in [3.05, 3.63) is 87.5 Å². The van der Waals surface area contributed by atoms with Crippen LogP contribution in [0.25, 0.3) is 0 Å². The SMILES string of the molecule is O=C(N[C@@H](COC(=O)c1ccccc1Br)c1ccccc1)c1coc(Cl)n1. The normalized spacial score (nSPS) is 11.6. The summed E-state index contributed by atoms with van der Waals surface area (Å²) in [5.41, 5.74) is 1.22. The Morgan fingerprint density at radius 2 is 1.85 bits per heavy atom. The molecule has 138 valence electrons. The van der Waals surface area contributed by atoms with Crippen LogP contribution in [0.2, 0.25) is 5.35 Å². The highest BCUT2D eigenvalue weighted by molar-refractivity contribution is 9.10. The van der Waals surface area contributed by atoms with Crippen molar-refractivity contribution in [2.24, 2.45) is 0 Å². The first kappa shape index (κ1) is 19.1. The van der Waals surface area contributed by atoms with E-state index in [0.717, 1.165) is 11.8 Å². The molecule has 1 heterocycles. The first-order valence-electron chi connectivity index (χ1n) is 7.93. The maximum atomic E-state index is 12.4. The van der Waals surface area contributed by atoms with Crippen molar-refractivity contribution < 1.29 is 18.7 Å². The topological polar surface area (TPSA) is 81.4 Å². The Morgan fingerprint density at radius 3 is 2.52 bits per heavy atom. The number of carbonyl (C=O) groups is 2. The van der Waals surface area contributed by atoms with Crippen LogP contribution < -0.4 is 5.32 Å². The van der Waals surface area contributed by atoms with E-state index in [9.17, 15) is 9.59 Å². The van der Waals surface area contributed by atoms with Crippen molar-refractivity contribution in [3.63, 3.8) is 0 Å². The minimum absolute atomic E-state index is 0.0399. The number of ether oxygens (including phenoxy) is 1. The minimum Gasteiger partial charge on any atom is -0.460 e. The molecule has 1 N–H and O–H groups in total. The van der Waals surface area contributed by atoms with E-state index in [0.29, 0.717) is 10.0 Å². The van der Waals surface area contributed by atoms with Crippen molar-refractivity contribution in [2.75, 3.05) is 6.61 Å². The number of benzene rings is 2. The van der Waals surface area contributed by atoms with Crippen LogP contribution in [0.3, 0.4) is 0 Å². The summed E-state index contributed by atoms with van der Waals surface area (Å²) in [7, 11) is 0. The van der Waals surface area contributed by atoms with Gasteiger partial charge in [-0.1, -0.05) is 42.5 Å². The molecule has 8 heteroatoms. The molecular formula is C19H14BrClN2O4. The number of carbonyl (C=O) groups excluding carboxylic acids is 2. The molecule has 0 spiro atoms. The zero-order valence-electron chi connectivity index (χ0n) is 13.9. The lowest BCUT2D eigenvalue weighted by Gasteiger charge is -2.19. The van der Waals surface area contributed by atoms with E-state index >= 15 is 0 Å². The summed E-state index contributed by atoms with van der Waals surface area (Å²) in [5, 5.41) is 2.65. The predicted molar refractivity (Wildman–Crippen MR) is 103 cm³/mol.